The van der Waals surface area contributed by atoms with Crippen molar-refractivity contribution in [2.45, 2.75) is 56.5 Å². The second-order valence-electron chi connectivity index (χ2n) is 5.74. The van der Waals surface area contributed by atoms with Crippen LogP contribution in [0.2, 0.25) is 0 Å². The summed E-state index contributed by atoms with van der Waals surface area (Å²) >= 11 is 0. The van der Waals surface area contributed by atoms with Crippen molar-refractivity contribution in [1.29, 1.82) is 0 Å². The first-order chi connectivity index (χ1) is 10.3. The predicted molar refractivity (Wildman–Crippen MR) is 81.3 cm³/mol. The van der Waals surface area contributed by atoms with Gasteiger partial charge in [0.15, 0.2) is 0 Å². The Kier molecular flexibility index (Phi) is 5.18. The van der Waals surface area contributed by atoms with Gasteiger partial charge in [0.25, 0.3) is 0 Å². The van der Waals surface area contributed by atoms with Gasteiger partial charge in [-0.15, -0.1) is 0 Å². The summed E-state index contributed by atoms with van der Waals surface area (Å²) in [6.07, 6.45) is 4.03. The minimum absolute atomic E-state index is 0.0191. The third kappa shape index (κ3) is 4.04. The maximum atomic E-state index is 13.1. The lowest BCUT2D eigenvalue weighted by molar-refractivity contribution is -0.123. The number of carbonyl (C=O) groups is 1. The number of amides is 1. The van der Waals surface area contributed by atoms with Gasteiger partial charge in [0.05, 0.1) is 10.9 Å². The fraction of sp³-hybridized carbons (Fsp3) is 0.533. The van der Waals surface area contributed by atoms with E-state index >= 15 is 0 Å². The van der Waals surface area contributed by atoms with Gasteiger partial charge in [-0.25, -0.2) is 12.8 Å². The molecule has 1 amide bonds. The molecule has 0 aliphatic heterocycles. The van der Waals surface area contributed by atoms with Crippen LogP contribution in [0.3, 0.4) is 0 Å². The molecule has 0 aromatic heterocycles. The van der Waals surface area contributed by atoms with Crippen molar-refractivity contribution in [1.82, 2.24) is 10.0 Å². The average molecular weight is 328 g/mol. The van der Waals surface area contributed by atoms with Crippen LogP contribution < -0.4 is 10.0 Å². The van der Waals surface area contributed by atoms with Crippen molar-refractivity contribution in [3.05, 3.63) is 29.6 Å². The Morgan fingerprint density at radius 1 is 1.32 bits per heavy atom. The van der Waals surface area contributed by atoms with E-state index in [1.165, 1.54) is 19.9 Å². The summed E-state index contributed by atoms with van der Waals surface area (Å²) in [5, 5.41) is 2.85. The Morgan fingerprint density at radius 3 is 2.55 bits per heavy atom. The van der Waals surface area contributed by atoms with E-state index in [0.717, 1.165) is 37.8 Å². The van der Waals surface area contributed by atoms with Gasteiger partial charge in [-0.1, -0.05) is 12.8 Å². The fourth-order valence-electron chi connectivity index (χ4n) is 2.66. The number of aryl methyl sites for hydroxylation is 1. The molecule has 1 aliphatic carbocycles. The Hall–Kier alpha value is -1.47. The summed E-state index contributed by atoms with van der Waals surface area (Å²) < 4.78 is 40.0. The molecule has 1 fully saturated rings. The molecule has 0 radical (unpaired) electrons. The minimum Gasteiger partial charge on any atom is -0.352 e. The van der Waals surface area contributed by atoms with E-state index < -0.39 is 21.9 Å². The van der Waals surface area contributed by atoms with Gasteiger partial charge in [0.1, 0.15) is 5.82 Å². The number of hydrogen-bond donors (Lipinski definition) is 2. The first kappa shape index (κ1) is 16.9. The largest absolute Gasteiger partial charge is 0.352 e. The van der Waals surface area contributed by atoms with Crippen molar-refractivity contribution in [3.63, 3.8) is 0 Å². The molecule has 2 rings (SSSR count). The smallest absolute Gasteiger partial charge is 0.241 e. The number of hydrogen-bond acceptors (Lipinski definition) is 3. The van der Waals surface area contributed by atoms with Crippen molar-refractivity contribution in [2.75, 3.05) is 0 Å². The highest BCUT2D eigenvalue weighted by molar-refractivity contribution is 7.89. The summed E-state index contributed by atoms with van der Waals surface area (Å²) in [4.78, 5) is 12.0. The molecular formula is C15H21FN2O3S. The van der Waals surface area contributed by atoms with Gasteiger partial charge in [-0.3, -0.25) is 4.79 Å². The molecule has 0 bridgehead atoms. The van der Waals surface area contributed by atoms with Gasteiger partial charge >= 0.3 is 0 Å². The molecule has 1 atom stereocenters. The van der Waals surface area contributed by atoms with Crippen molar-refractivity contribution in [3.8, 4) is 0 Å². The van der Waals surface area contributed by atoms with Gasteiger partial charge in [-0.2, -0.15) is 4.72 Å². The van der Waals surface area contributed by atoms with Crippen LogP contribution in [-0.4, -0.2) is 26.4 Å². The molecular weight excluding hydrogens is 307 g/mol. The van der Waals surface area contributed by atoms with Gasteiger partial charge in [0, 0.05) is 6.04 Å². The third-order valence-electron chi connectivity index (χ3n) is 3.85. The number of halogens is 1. The molecule has 1 aromatic carbocycles. The molecule has 2 N–H and O–H groups in total. The Bertz CT molecular complexity index is 655. The second kappa shape index (κ2) is 6.75. The molecule has 7 heteroatoms. The molecule has 0 spiro atoms. The van der Waals surface area contributed by atoms with Crippen LogP contribution >= 0.6 is 0 Å². The molecule has 0 unspecified atom stereocenters. The van der Waals surface area contributed by atoms with Crippen LogP contribution in [0.4, 0.5) is 4.39 Å². The average Bonchev–Trinajstić information content (AvgIpc) is 2.90. The third-order valence-corrected chi connectivity index (χ3v) is 5.55. The van der Waals surface area contributed by atoms with Crippen LogP contribution in [0.15, 0.2) is 23.1 Å². The molecule has 22 heavy (non-hydrogen) atoms. The maximum Gasteiger partial charge on any atom is 0.241 e. The van der Waals surface area contributed by atoms with E-state index in [1.54, 1.807) is 0 Å². The Balaban J connectivity index is 2.05. The zero-order chi connectivity index (χ0) is 16.3. The summed E-state index contributed by atoms with van der Waals surface area (Å²) in [7, 11) is -3.86. The van der Waals surface area contributed by atoms with Crippen LogP contribution in [0.5, 0.6) is 0 Å². The molecule has 122 valence electrons. The quantitative estimate of drug-likeness (QED) is 0.866. The van der Waals surface area contributed by atoms with Crippen molar-refractivity contribution >= 4 is 15.9 Å². The van der Waals surface area contributed by atoms with Gasteiger partial charge in [-0.05, 0) is 50.5 Å². The maximum absolute atomic E-state index is 13.1. The number of benzene rings is 1. The number of carbonyl (C=O) groups excluding carboxylic acids is 1. The van der Waals surface area contributed by atoms with E-state index in [4.69, 9.17) is 0 Å². The summed E-state index contributed by atoms with van der Waals surface area (Å²) in [6, 6.07) is 2.69. The van der Waals surface area contributed by atoms with E-state index in [-0.39, 0.29) is 16.8 Å². The summed E-state index contributed by atoms with van der Waals surface area (Å²) in [6.45, 7) is 3.02. The predicted octanol–water partition coefficient (Wildman–Crippen LogP) is 1.86. The standard InChI is InChI=1S/C15H21FN2O3S/c1-10-9-12(16)7-8-14(10)22(20,21)18-11(2)15(19)17-13-5-3-4-6-13/h7-9,11,13,18H,3-6H2,1-2H3,(H,17,19)/t11-/m0/s1. The van der Waals surface area contributed by atoms with Crippen LogP contribution in [-0.2, 0) is 14.8 Å². The van der Waals surface area contributed by atoms with Gasteiger partial charge in [0.2, 0.25) is 15.9 Å². The zero-order valence-corrected chi connectivity index (χ0v) is 13.5. The lowest BCUT2D eigenvalue weighted by Gasteiger charge is -2.18. The molecule has 1 saturated carbocycles. The fourth-order valence-corrected chi connectivity index (χ4v) is 4.09. The van der Waals surface area contributed by atoms with E-state index in [9.17, 15) is 17.6 Å². The molecule has 1 aliphatic rings. The Labute approximate surface area is 130 Å². The first-order valence-electron chi connectivity index (χ1n) is 7.38. The normalized spacial score (nSPS) is 17.4. The molecule has 0 saturated heterocycles. The monoisotopic (exact) mass is 328 g/mol. The number of sulfonamides is 1. The van der Waals surface area contributed by atoms with Crippen molar-refractivity contribution < 1.29 is 17.6 Å². The van der Waals surface area contributed by atoms with Gasteiger partial charge < -0.3 is 5.32 Å². The molecule has 0 heterocycles. The SMILES string of the molecule is Cc1cc(F)ccc1S(=O)(=O)N[C@@H](C)C(=O)NC1CCCC1. The highest BCUT2D eigenvalue weighted by Crippen LogP contribution is 2.18. The van der Waals surface area contributed by atoms with E-state index in [1.807, 2.05) is 0 Å². The topological polar surface area (TPSA) is 75.3 Å². The highest BCUT2D eigenvalue weighted by Gasteiger charge is 2.25. The molecule has 5 nitrogen and oxygen atoms in total. The summed E-state index contributed by atoms with van der Waals surface area (Å²) in [5.74, 6) is -0.835. The van der Waals surface area contributed by atoms with Crippen LogP contribution in [0.25, 0.3) is 0 Å². The zero-order valence-electron chi connectivity index (χ0n) is 12.7. The van der Waals surface area contributed by atoms with Crippen LogP contribution in [0.1, 0.15) is 38.2 Å². The lowest BCUT2D eigenvalue weighted by Crippen LogP contribution is -2.47. The Morgan fingerprint density at radius 2 is 1.95 bits per heavy atom. The highest BCUT2D eigenvalue weighted by atomic mass is 32.2. The van der Waals surface area contributed by atoms with Crippen molar-refractivity contribution in [2.24, 2.45) is 0 Å². The minimum atomic E-state index is -3.86. The number of rotatable bonds is 5. The molecule has 1 aromatic rings. The number of nitrogens with one attached hydrogen (secondary N) is 2. The first-order valence-corrected chi connectivity index (χ1v) is 8.87. The summed E-state index contributed by atoms with van der Waals surface area (Å²) in [5.41, 5.74) is 0.302. The second-order valence-corrected chi connectivity index (χ2v) is 7.43. The van der Waals surface area contributed by atoms with Crippen LogP contribution in [0, 0.1) is 12.7 Å². The lowest BCUT2D eigenvalue weighted by atomic mass is 10.2. The van der Waals surface area contributed by atoms with E-state index in [2.05, 4.69) is 10.0 Å². The van der Waals surface area contributed by atoms with E-state index in [0.29, 0.717) is 5.56 Å².